The average Bonchev–Trinajstić information content (AvgIpc) is 2.75. The second kappa shape index (κ2) is 9.38. The summed E-state index contributed by atoms with van der Waals surface area (Å²) in [6, 6.07) is 0. The Hall–Kier alpha value is -0.650. The van der Waals surface area contributed by atoms with E-state index in [0.29, 0.717) is 5.92 Å². The molecule has 0 aliphatic carbocycles. The summed E-state index contributed by atoms with van der Waals surface area (Å²) in [5.41, 5.74) is 1.18. The Labute approximate surface area is 134 Å². The number of hydrogen-bond acceptors (Lipinski definition) is 5. The van der Waals surface area contributed by atoms with E-state index in [1.807, 2.05) is 11.3 Å². The van der Waals surface area contributed by atoms with E-state index in [1.165, 1.54) is 22.1 Å². The van der Waals surface area contributed by atoms with Gasteiger partial charge in [-0.25, -0.2) is 4.98 Å². The lowest BCUT2D eigenvalue weighted by atomic mass is 10.2. The molecule has 4 nitrogen and oxygen atoms in total. The lowest BCUT2D eigenvalue weighted by Crippen LogP contribution is -2.26. The van der Waals surface area contributed by atoms with Crippen LogP contribution in [0.5, 0.6) is 0 Å². The smallest absolute Gasteiger partial charge is 0.185 e. The second-order valence-corrected chi connectivity index (χ2v) is 7.33. The van der Waals surface area contributed by atoms with Crippen LogP contribution in [-0.2, 0) is 6.54 Å². The van der Waals surface area contributed by atoms with E-state index < -0.39 is 0 Å². The fraction of sp³-hybridized carbons (Fsp3) is 0.812. The number of nitrogens with zero attached hydrogens (tertiary/aromatic N) is 3. The molecule has 0 amide bonds. The summed E-state index contributed by atoms with van der Waals surface area (Å²) in [5, 5.41) is 4.69. The molecule has 0 bridgehead atoms. The zero-order chi connectivity index (χ0) is 15.8. The molecule has 1 rings (SSSR count). The van der Waals surface area contributed by atoms with Gasteiger partial charge in [0, 0.05) is 24.5 Å². The number of hydrogen-bond donors (Lipinski definition) is 1. The van der Waals surface area contributed by atoms with Crippen molar-refractivity contribution in [1.82, 2.24) is 15.2 Å². The summed E-state index contributed by atoms with van der Waals surface area (Å²) in [6.07, 6.45) is 1.18. The molecule has 0 saturated heterocycles. The molecule has 0 atom stereocenters. The third kappa shape index (κ3) is 6.76. The average molecular weight is 313 g/mol. The number of aromatic nitrogens is 1. The monoisotopic (exact) mass is 312 g/mol. The molecule has 0 aromatic carbocycles. The van der Waals surface area contributed by atoms with Crippen molar-refractivity contribution >= 4 is 16.5 Å². The maximum absolute atomic E-state index is 4.77. The van der Waals surface area contributed by atoms with Crippen LogP contribution in [0.4, 0.5) is 5.13 Å². The van der Waals surface area contributed by atoms with Crippen molar-refractivity contribution in [1.29, 1.82) is 0 Å². The first-order chi connectivity index (χ1) is 9.93. The van der Waals surface area contributed by atoms with Crippen LogP contribution >= 0.6 is 11.3 Å². The van der Waals surface area contributed by atoms with Crippen LogP contribution in [0.3, 0.4) is 0 Å². The molecule has 0 spiro atoms. The highest BCUT2D eigenvalue weighted by Crippen LogP contribution is 2.26. The molecular formula is C16H32N4S. The Balaban J connectivity index is 2.56. The first kappa shape index (κ1) is 18.4. The Kier molecular flexibility index (Phi) is 8.22. The SMILES string of the molecule is CCN(CCCN(C)C)c1nc(C)c(CNCC(C)C)s1. The van der Waals surface area contributed by atoms with Gasteiger partial charge in [0.15, 0.2) is 5.13 Å². The predicted octanol–water partition coefficient (Wildman–Crippen LogP) is 2.98. The molecule has 0 aliphatic heterocycles. The first-order valence-electron chi connectivity index (χ1n) is 8.00. The molecule has 122 valence electrons. The minimum atomic E-state index is 0.691. The van der Waals surface area contributed by atoms with Crippen LogP contribution in [-0.4, -0.2) is 50.2 Å². The van der Waals surface area contributed by atoms with Crippen molar-refractivity contribution in [2.45, 2.75) is 40.7 Å². The van der Waals surface area contributed by atoms with Crippen LogP contribution < -0.4 is 10.2 Å². The molecule has 21 heavy (non-hydrogen) atoms. The molecule has 1 aromatic rings. The number of nitrogens with one attached hydrogen (secondary N) is 1. The fourth-order valence-electron chi connectivity index (χ4n) is 2.15. The van der Waals surface area contributed by atoms with Crippen LogP contribution in [0.15, 0.2) is 0 Å². The molecule has 0 fully saturated rings. The fourth-order valence-corrected chi connectivity index (χ4v) is 3.27. The molecule has 1 N–H and O–H groups in total. The van der Waals surface area contributed by atoms with Crippen molar-refractivity contribution in [3.63, 3.8) is 0 Å². The highest BCUT2D eigenvalue weighted by molar-refractivity contribution is 7.15. The quantitative estimate of drug-likeness (QED) is 0.720. The van der Waals surface area contributed by atoms with Gasteiger partial charge in [-0.15, -0.1) is 11.3 Å². The Bertz CT molecular complexity index is 401. The van der Waals surface area contributed by atoms with Crippen molar-refractivity contribution in [3.8, 4) is 0 Å². The van der Waals surface area contributed by atoms with Crippen molar-refractivity contribution in [3.05, 3.63) is 10.6 Å². The summed E-state index contributed by atoms with van der Waals surface area (Å²) in [5.74, 6) is 0.691. The van der Waals surface area contributed by atoms with Gasteiger partial charge in [0.05, 0.1) is 5.69 Å². The van der Waals surface area contributed by atoms with Crippen molar-refractivity contribution in [2.24, 2.45) is 5.92 Å². The molecule has 0 unspecified atom stereocenters. The second-order valence-electron chi connectivity index (χ2n) is 6.27. The van der Waals surface area contributed by atoms with E-state index in [-0.39, 0.29) is 0 Å². The van der Waals surface area contributed by atoms with Crippen molar-refractivity contribution in [2.75, 3.05) is 45.2 Å². The Morgan fingerprint density at radius 2 is 1.95 bits per heavy atom. The number of anilines is 1. The minimum Gasteiger partial charge on any atom is -0.348 e. The molecule has 0 aliphatic rings. The standard InChI is InChI=1S/C16H32N4S/c1-7-20(10-8-9-19(5)6)16-18-14(4)15(21-16)12-17-11-13(2)3/h13,17H,7-12H2,1-6H3. The third-order valence-electron chi connectivity index (χ3n) is 3.41. The number of thiazole rings is 1. The summed E-state index contributed by atoms with van der Waals surface area (Å²) in [6.45, 7) is 14.1. The minimum absolute atomic E-state index is 0.691. The summed E-state index contributed by atoms with van der Waals surface area (Å²) in [7, 11) is 4.25. The van der Waals surface area contributed by atoms with Gasteiger partial charge in [-0.05, 0) is 53.4 Å². The normalized spacial score (nSPS) is 11.6. The van der Waals surface area contributed by atoms with E-state index in [1.54, 1.807) is 0 Å². The van der Waals surface area contributed by atoms with Gasteiger partial charge in [0.1, 0.15) is 0 Å². The van der Waals surface area contributed by atoms with Gasteiger partial charge in [0.25, 0.3) is 0 Å². The Morgan fingerprint density at radius 1 is 1.24 bits per heavy atom. The lowest BCUT2D eigenvalue weighted by molar-refractivity contribution is 0.400. The van der Waals surface area contributed by atoms with E-state index in [2.05, 4.69) is 56.9 Å². The van der Waals surface area contributed by atoms with E-state index in [4.69, 9.17) is 4.98 Å². The zero-order valence-corrected chi connectivity index (χ0v) is 15.4. The number of rotatable bonds is 10. The molecule has 5 heteroatoms. The molecule has 1 aromatic heterocycles. The zero-order valence-electron chi connectivity index (χ0n) is 14.6. The summed E-state index contributed by atoms with van der Waals surface area (Å²) in [4.78, 5) is 10.8. The summed E-state index contributed by atoms with van der Waals surface area (Å²) >= 11 is 1.84. The van der Waals surface area contributed by atoms with Gasteiger partial charge in [-0.2, -0.15) is 0 Å². The van der Waals surface area contributed by atoms with Crippen molar-refractivity contribution < 1.29 is 0 Å². The Morgan fingerprint density at radius 3 is 2.52 bits per heavy atom. The van der Waals surface area contributed by atoms with E-state index in [9.17, 15) is 0 Å². The first-order valence-corrected chi connectivity index (χ1v) is 8.82. The molecule has 1 heterocycles. The topological polar surface area (TPSA) is 31.4 Å². The van der Waals surface area contributed by atoms with Gasteiger partial charge in [-0.1, -0.05) is 13.8 Å². The van der Waals surface area contributed by atoms with Crippen LogP contribution in [0, 0.1) is 12.8 Å². The molecule has 0 saturated carbocycles. The van der Waals surface area contributed by atoms with Gasteiger partial charge < -0.3 is 15.1 Å². The largest absolute Gasteiger partial charge is 0.348 e. The van der Waals surface area contributed by atoms with Crippen LogP contribution in [0.25, 0.3) is 0 Å². The van der Waals surface area contributed by atoms with Gasteiger partial charge in [-0.3, -0.25) is 0 Å². The third-order valence-corrected chi connectivity index (χ3v) is 4.62. The van der Waals surface area contributed by atoms with E-state index >= 15 is 0 Å². The van der Waals surface area contributed by atoms with Crippen LogP contribution in [0.2, 0.25) is 0 Å². The highest BCUT2D eigenvalue weighted by atomic mass is 32.1. The molecular weight excluding hydrogens is 280 g/mol. The van der Waals surface area contributed by atoms with Gasteiger partial charge in [0.2, 0.25) is 0 Å². The van der Waals surface area contributed by atoms with E-state index in [0.717, 1.165) is 32.7 Å². The maximum Gasteiger partial charge on any atom is 0.185 e. The maximum atomic E-state index is 4.77. The summed E-state index contributed by atoms with van der Waals surface area (Å²) < 4.78 is 0. The molecule has 0 radical (unpaired) electrons. The van der Waals surface area contributed by atoms with Crippen LogP contribution in [0.1, 0.15) is 37.8 Å². The highest BCUT2D eigenvalue weighted by Gasteiger charge is 2.12. The lowest BCUT2D eigenvalue weighted by Gasteiger charge is -2.20. The predicted molar refractivity (Wildman–Crippen MR) is 94.5 cm³/mol. The van der Waals surface area contributed by atoms with Gasteiger partial charge >= 0.3 is 0 Å². The number of aryl methyl sites for hydroxylation is 1.